The highest BCUT2D eigenvalue weighted by Crippen LogP contribution is 2.35. The molecule has 406 valence electrons. The van der Waals surface area contributed by atoms with Crippen LogP contribution in [0.3, 0.4) is 0 Å². The number of carboxylic acids is 1. The van der Waals surface area contributed by atoms with E-state index >= 15 is 0 Å². The summed E-state index contributed by atoms with van der Waals surface area (Å²) in [5.74, 6) is -4.60. The second-order valence-corrected chi connectivity index (χ2v) is 16.8. The number of aliphatic hydroxyl groups is 8. The molecule has 4 fully saturated rings. The molecule has 17 N–H and O–H groups in total. The van der Waals surface area contributed by atoms with Crippen molar-refractivity contribution in [2.45, 2.75) is 150 Å². The minimum absolute atomic E-state index is 0.187. The van der Waals surface area contributed by atoms with Crippen molar-refractivity contribution in [3.05, 3.63) is 22.1 Å². The fourth-order valence-electron chi connectivity index (χ4n) is 8.17. The fourth-order valence-corrected chi connectivity index (χ4v) is 8.17. The van der Waals surface area contributed by atoms with E-state index in [0.717, 1.165) is 21.0 Å². The highest BCUT2D eigenvalue weighted by molar-refractivity contribution is 5.87. The summed E-state index contributed by atoms with van der Waals surface area (Å²) in [7, 11) is 1.03. The molecule has 4 aliphatic rings. The standard InChI is InChI=1S/C39H61N9O24/c1-11-6-17(53)47-37(44-11)48-39(64)43-10-42-38(63)41-9-40-32(60)30-29(23(57)25(59)35(71-30)68-26-18(45-13(3)51)12(2)66-15(7-49)20(26)54)70-34-19(46-14(4)52)27(21(55)16(8-50)67-34)69-36-24(58)22(56)28(65-5)31(72-36)33(61)62/h6,12,15-16,18-31,34-36,49-50,54-59H,7-10H2,1-5H3,(H,40,60)(H,45,51)(H,46,52)(H,61,62)(H2,41,42,63)(H3,43,44,47,48,53,64)/t12-,15-,16?,18?,19?,20+,21+,22+,23?,24?,25?,26?,27+,28-,29-,30+,31?,34-,35+,36+/m0/s1. The lowest BCUT2D eigenvalue weighted by atomic mass is 9.92. The Morgan fingerprint density at radius 2 is 1.15 bits per heavy atom. The average Bonchev–Trinajstić information content (AvgIpc) is 3.30. The summed E-state index contributed by atoms with van der Waals surface area (Å²) < 4.78 is 45.5. The molecule has 7 amide bonds. The topological polar surface area (TPSA) is 488 Å². The smallest absolute Gasteiger partial charge is 0.335 e. The van der Waals surface area contributed by atoms with E-state index in [1.807, 2.05) is 0 Å². The van der Waals surface area contributed by atoms with Crippen molar-refractivity contribution in [2.75, 3.05) is 39.0 Å². The molecule has 0 bridgehead atoms. The molecule has 0 aromatic carbocycles. The van der Waals surface area contributed by atoms with Crippen LogP contribution in [0.5, 0.6) is 0 Å². The number of amides is 7. The van der Waals surface area contributed by atoms with Crippen molar-refractivity contribution in [3.8, 4) is 0 Å². The number of carbonyl (C=O) groups excluding carboxylic acids is 5. The zero-order valence-corrected chi connectivity index (χ0v) is 39.0. The number of aryl methyl sites for hydroxylation is 1. The van der Waals surface area contributed by atoms with E-state index in [1.165, 1.54) is 19.9 Å². The van der Waals surface area contributed by atoms with Crippen LogP contribution in [-0.2, 0) is 57.1 Å². The number of aromatic amines is 1. The first kappa shape index (κ1) is 57.6. The van der Waals surface area contributed by atoms with Gasteiger partial charge in [-0.1, -0.05) is 0 Å². The second kappa shape index (κ2) is 25.5. The molecule has 33 heteroatoms. The van der Waals surface area contributed by atoms with Crippen LogP contribution >= 0.6 is 0 Å². The van der Waals surface area contributed by atoms with Gasteiger partial charge in [0.05, 0.1) is 38.7 Å². The number of carboxylic acid groups (broad SMARTS) is 1. The Morgan fingerprint density at radius 1 is 0.653 bits per heavy atom. The van der Waals surface area contributed by atoms with E-state index in [9.17, 15) is 79.5 Å². The molecule has 33 nitrogen and oxygen atoms in total. The van der Waals surface area contributed by atoms with Crippen LogP contribution in [0.2, 0.25) is 0 Å². The Bertz CT molecular complexity index is 2110. The fraction of sp³-hybridized carbons (Fsp3) is 0.744. The third kappa shape index (κ3) is 14.0. The van der Waals surface area contributed by atoms with Gasteiger partial charge in [0.2, 0.25) is 17.8 Å². The number of hydrogen-bond acceptors (Lipinski definition) is 24. The first-order chi connectivity index (χ1) is 34.0. The lowest BCUT2D eigenvalue weighted by molar-refractivity contribution is -0.365. The van der Waals surface area contributed by atoms with Gasteiger partial charge in [0.15, 0.2) is 31.1 Å². The number of urea groups is 2. The van der Waals surface area contributed by atoms with Gasteiger partial charge in [0.25, 0.3) is 11.5 Å². The van der Waals surface area contributed by atoms with E-state index in [2.05, 4.69) is 47.2 Å². The third-order valence-corrected chi connectivity index (χ3v) is 11.6. The van der Waals surface area contributed by atoms with Crippen LogP contribution in [-0.4, -0.2) is 248 Å². The maximum Gasteiger partial charge on any atom is 0.335 e. The lowest BCUT2D eigenvalue weighted by Crippen LogP contribution is -2.71. The van der Waals surface area contributed by atoms with E-state index in [1.54, 1.807) is 0 Å². The number of hydrogen-bond donors (Lipinski definition) is 17. The molecule has 4 saturated heterocycles. The Balaban J connectivity index is 1.39. The van der Waals surface area contributed by atoms with Gasteiger partial charge in [-0.2, -0.15) is 0 Å². The van der Waals surface area contributed by atoms with E-state index in [-0.39, 0.29) is 5.95 Å². The van der Waals surface area contributed by atoms with Crippen LogP contribution in [0.15, 0.2) is 10.9 Å². The van der Waals surface area contributed by atoms with Gasteiger partial charge >= 0.3 is 18.0 Å². The van der Waals surface area contributed by atoms with Crippen molar-refractivity contribution < 1.29 is 113 Å². The number of aromatic nitrogens is 2. The zero-order valence-electron chi connectivity index (χ0n) is 39.0. The Kier molecular flexibility index (Phi) is 20.4. The molecule has 72 heavy (non-hydrogen) atoms. The Hall–Kier alpha value is -5.34. The Morgan fingerprint density at radius 3 is 1.69 bits per heavy atom. The predicted molar refractivity (Wildman–Crippen MR) is 230 cm³/mol. The highest BCUT2D eigenvalue weighted by Gasteiger charge is 2.57. The molecular formula is C39H61N9O24. The van der Waals surface area contributed by atoms with Gasteiger partial charge in [-0.3, -0.25) is 29.5 Å². The number of aliphatic hydroxyl groups excluding tert-OH is 8. The van der Waals surface area contributed by atoms with Crippen molar-refractivity contribution in [1.29, 1.82) is 0 Å². The predicted octanol–water partition coefficient (Wildman–Crippen LogP) is -9.09. The maximum absolute atomic E-state index is 14.1. The summed E-state index contributed by atoms with van der Waals surface area (Å²) in [6.45, 7) is 2.07. The zero-order chi connectivity index (χ0) is 53.3. The average molecular weight is 1040 g/mol. The summed E-state index contributed by atoms with van der Waals surface area (Å²) in [4.78, 5) is 93.9. The molecule has 4 aliphatic heterocycles. The number of ether oxygens (including phenoxy) is 8. The molecule has 0 spiro atoms. The number of anilines is 1. The molecule has 1 aromatic heterocycles. The van der Waals surface area contributed by atoms with Crippen LogP contribution in [0.4, 0.5) is 15.5 Å². The van der Waals surface area contributed by atoms with Crippen molar-refractivity contribution >= 4 is 41.7 Å². The summed E-state index contributed by atoms with van der Waals surface area (Å²) >= 11 is 0. The summed E-state index contributed by atoms with van der Waals surface area (Å²) in [5.41, 5.74) is -0.237. The third-order valence-electron chi connectivity index (χ3n) is 11.6. The Labute approximate surface area is 407 Å². The molecular weight excluding hydrogens is 978 g/mol. The number of nitrogens with zero attached hydrogens (tertiary/aromatic N) is 1. The highest BCUT2D eigenvalue weighted by atomic mass is 16.8. The molecule has 20 atom stereocenters. The first-order valence-electron chi connectivity index (χ1n) is 22.1. The monoisotopic (exact) mass is 1040 g/mol. The van der Waals surface area contributed by atoms with E-state index in [0.29, 0.717) is 5.69 Å². The number of H-pyrrole nitrogens is 1. The summed E-state index contributed by atoms with van der Waals surface area (Å²) in [5, 5.41) is 114. The number of aliphatic carboxylic acids is 1. The van der Waals surface area contributed by atoms with Gasteiger partial charge < -0.3 is 116 Å². The van der Waals surface area contributed by atoms with Crippen LogP contribution in [0, 0.1) is 6.92 Å². The van der Waals surface area contributed by atoms with Crippen molar-refractivity contribution in [2.24, 2.45) is 0 Å². The van der Waals surface area contributed by atoms with Gasteiger partial charge in [-0.25, -0.2) is 19.4 Å². The molecule has 8 unspecified atom stereocenters. The number of rotatable bonds is 18. The van der Waals surface area contributed by atoms with E-state index < -0.39 is 190 Å². The van der Waals surface area contributed by atoms with Crippen LogP contribution < -0.4 is 42.8 Å². The molecule has 0 aliphatic carbocycles. The quantitative estimate of drug-likeness (QED) is 0.0607. The normalized spacial score (nSPS) is 36.8. The summed E-state index contributed by atoms with van der Waals surface area (Å²) in [6.07, 6.45) is -34.0. The molecule has 0 radical (unpaired) electrons. The number of carbonyl (C=O) groups is 6. The maximum atomic E-state index is 14.1. The second-order valence-electron chi connectivity index (χ2n) is 16.8. The van der Waals surface area contributed by atoms with Gasteiger partial charge in [-0.15, -0.1) is 0 Å². The largest absolute Gasteiger partial charge is 0.479 e. The van der Waals surface area contributed by atoms with Crippen LogP contribution in [0.1, 0.15) is 26.5 Å². The SMILES string of the molecule is CO[C@@H]1C(C(=O)O)O[C@@H](O[C@@H]2C(NC(C)=O)[C@H](O[C@H]3C(O)C(O)[C@H](OC4C(NC(C)=O)[C@H](C)O[C@@H](CO)[C@H]4O)O[C@H]3C(=O)NCNC(=O)NCNC(=O)Nc3nc(C)cc(=O)[nH]3)OC(CO)[C@H]2O)C(O)[C@H]1O. The van der Waals surface area contributed by atoms with Gasteiger partial charge in [-0.05, 0) is 13.8 Å². The minimum Gasteiger partial charge on any atom is -0.479 e. The van der Waals surface area contributed by atoms with Crippen LogP contribution in [0.25, 0.3) is 0 Å². The molecule has 5 heterocycles. The van der Waals surface area contributed by atoms with E-state index in [4.69, 9.17) is 37.9 Å². The minimum atomic E-state index is -2.30. The molecule has 5 rings (SSSR count). The van der Waals surface area contributed by atoms with Crippen molar-refractivity contribution in [1.82, 2.24) is 41.9 Å². The van der Waals surface area contributed by atoms with Gasteiger partial charge in [0.1, 0.15) is 79.3 Å². The number of nitrogens with one attached hydrogen (secondary N) is 8. The summed E-state index contributed by atoms with van der Waals surface area (Å²) in [6, 6.07) is -3.71. The lowest BCUT2D eigenvalue weighted by Gasteiger charge is -2.50. The van der Waals surface area contributed by atoms with Crippen molar-refractivity contribution in [3.63, 3.8) is 0 Å². The first-order valence-corrected chi connectivity index (χ1v) is 22.1. The number of methoxy groups -OCH3 is 1. The van der Waals surface area contributed by atoms with Gasteiger partial charge in [0, 0.05) is 32.7 Å². The molecule has 1 aromatic rings. The molecule has 0 saturated carbocycles.